The maximum Gasteiger partial charge on any atom is 0.410 e. The second-order valence-electron chi connectivity index (χ2n) is 11.4. The third kappa shape index (κ3) is 15.1. The lowest BCUT2D eigenvalue weighted by atomic mass is 9.99. The van der Waals surface area contributed by atoms with Crippen LogP contribution in [0.2, 0.25) is 0 Å². The lowest BCUT2D eigenvalue weighted by Gasteiger charge is -2.42. The molecule has 0 radical (unpaired) electrons. The van der Waals surface area contributed by atoms with Crippen molar-refractivity contribution in [2.24, 2.45) is 4.99 Å². The van der Waals surface area contributed by atoms with Crippen molar-refractivity contribution in [2.45, 2.75) is 120 Å². The van der Waals surface area contributed by atoms with Gasteiger partial charge >= 0.3 is 6.09 Å². The average molecular weight is 554 g/mol. The van der Waals surface area contributed by atoms with E-state index in [0.29, 0.717) is 6.54 Å². The molecule has 0 aliphatic carbocycles. The zero-order valence-corrected chi connectivity index (χ0v) is 27.8. The largest absolute Gasteiger partial charge is 0.444 e. The van der Waals surface area contributed by atoms with Gasteiger partial charge in [-0.15, -0.1) is 0 Å². The van der Waals surface area contributed by atoms with E-state index < -0.39 is 5.60 Å². The topological polar surface area (TPSA) is 45.1 Å². The number of carbonyl (C=O) groups is 1. The van der Waals surface area contributed by atoms with Crippen LogP contribution in [-0.4, -0.2) is 52.9 Å². The Morgan fingerprint density at radius 2 is 1.62 bits per heavy atom. The van der Waals surface area contributed by atoms with Crippen LogP contribution in [0.1, 0.15) is 109 Å². The summed E-state index contributed by atoms with van der Waals surface area (Å²) >= 11 is 0. The van der Waals surface area contributed by atoms with Crippen LogP contribution in [0.4, 0.5) is 4.79 Å². The molecule has 0 aromatic carbocycles. The predicted molar refractivity (Wildman–Crippen MR) is 176 cm³/mol. The fourth-order valence-corrected chi connectivity index (χ4v) is 4.30. The van der Waals surface area contributed by atoms with E-state index in [1.165, 1.54) is 35.3 Å². The quantitative estimate of drug-likeness (QED) is 0.200. The Morgan fingerprint density at radius 3 is 2.15 bits per heavy atom. The Morgan fingerprint density at radius 1 is 0.975 bits per heavy atom. The maximum absolute atomic E-state index is 12.5. The molecule has 5 nitrogen and oxygen atoms in total. The highest BCUT2D eigenvalue weighted by Crippen LogP contribution is 2.24. The van der Waals surface area contributed by atoms with E-state index in [9.17, 15) is 4.79 Å². The SMILES string of the molecule is CC/C=C/C=C\C=C(/C)CCC.C\C=C(C)/C(C(/C)=N/C=C/CC)=C(/C)N1CCN(C(=O)OC(C)(C)C)C(C)C1. The first kappa shape index (κ1) is 37.2. The zero-order chi connectivity index (χ0) is 30.7. The van der Waals surface area contributed by atoms with Gasteiger partial charge in [-0.05, 0) is 87.1 Å². The van der Waals surface area contributed by atoms with Crippen molar-refractivity contribution in [3.05, 3.63) is 71.1 Å². The first-order chi connectivity index (χ1) is 18.8. The van der Waals surface area contributed by atoms with Gasteiger partial charge < -0.3 is 14.5 Å². The zero-order valence-electron chi connectivity index (χ0n) is 27.8. The molecule has 1 unspecified atom stereocenters. The molecule has 1 aliphatic rings. The lowest BCUT2D eigenvalue weighted by molar-refractivity contribution is 0.00494. The van der Waals surface area contributed by atoms with Crippen molar-refractivity contribution in [2.75, 3.05) is 19.6 Å². The fraction of sp³-hybridized carbons (Fsp3) is 0.600. The highest BCUT2D eigenvalue weighted by molar-refractivity contribution is 6.02. The van der Waals surface area contributed by atoms with E-state index in [0.717, 1.165) is 31.6 Å². The second-order valence-corrected chi connectivity index (χ2v) is 11.4. The van der Waals surface area contributed by atoms with Crippen LogP contribution in [0.5, 0.6) is 0 Å². The Bertz CT molecular complexity index is 971. The minimum atomic E-state index is -0.473. The van der Waals surface area contributed by atoms with Crippen molar-refractivity contribution >= 4 is 11.8 Å². The van der Waals surface area contributed by atoms with Gasteiger partial charge in [-0.25, -0.2) is 4.79 Å². The minimum Gasteiger partial charge on any atom is -0.444 e. The summed E-state index contributed by atoms with van der Waals surface area (Å²) in [6.07, 6.45) is 21.0. The van der Waals surface area contributed by atoms with E-state index >= 15 is 0 Å². The molecule has 226 valence electrons. The van der Waals surface area contributed by atoms with Crippen molar-refractivity contribution in [1.82, 2.24) is 9.80 Å². The van der Waals surface area contributed by atoms with Gasteiger partial charge in [0.05, 0.1) is 0 Å². The Hall–Kier alpha value is -2.82. The summed E-state index contributed by atoms with van der Waals surface area (Å²) in [6.45, 7) is 27.0. The van der Waals surface area contributed by atoms with Crippen LogP contribution >= 0.6 is 0 Å². The molecule has 0 N–H and O–H groups in total. The summed E-state index contributed by atoms with van der Waals surface area (Å²) in [6, 6.07) is 0.0861. The number of aliphatic imine (C=N–C) groups is 1. The average Bonchev–Trinajstić information content (AvgIpc) is 2.88. The summed E-state index contributed by atoms with van der Waals surface area (Å²) in [7, 11) is 0. The predicted octanol–water partition coefficient (Wildman–Crippen LogP) is 9.81. The van der Waals surface area contributed by atoms with Gasteiger partial charge in [-0.1, -0.05) is 75.3 Å². The van der Waals surface area contributed by atoms with Crippen molar-refractivity contribution < 1.29 is 9.53 Å². The third-order valence-electron chi connectivity index (χ3n) is 6.51. The Kier molecular flexibility index (Phi) is 18.7. The maximum atomic E-state index is 12.5. The molecule has 1 fully saturated rings. The molecular weight excluding hydrogens is 494 g/mol. The smallest absolute Gasteiger partial charge is 0.410 e. The summed E-state index contributed by atoms with van der Waals surface area (Å²) in [4.78, 5) is 21.3. The molecule has 1 heterocycles. The summed E-state index contributed by atoms with van der Waals surface area (Å²) < 4.78 is 5.56. The van der Waals surface area contributed by atoms with Crippen LogP contribution in [0, 0.1) is 0 Å². The van der Waals surface area contributed by atoms with Gasteiger partial charge in [-0.3, -0.25) is 4.99 Å². The molecule has 1 rings (SSSR count). The number of hydrogen-bond acceptors (Lipinski definition) is 4. The fourth-order valence-electron chi connectivity index (χ4n) is 4.30. The molecule has 1 atom stereocenters. The molecule has 1 saturated heterocycles. The number of amides is 1. The number of nitrogens with zero attached hydrogens (tertiary/aromatic N) is 3. The number of carbonyl (C=O) groups excluding carboxylic acids is 1. The summed E-state index contributed by atoms with van der Waals surface area (Å²) in [5.74, 6) is 0. The molecule has 0 bridgehead atoms. The lowest BCUT2D eigenvalue weighted by Crippen LogP contribution is -2.54. The number of allylic oxidation sites excluding steroid dienone is 11. The number of ether oxygens (including phenoxy) is 1. The number of rotatable bonds is 10. The van der Waals surface area contributed by atoms with Gasteiger partial charge in [0.15, 0.2) is 0 Å². The van der Waals surface area contributed by atoms with Gasteiger partial charge in [-0.2, -0.15) is 0 Å². The molecule has 0 aromatic heterocycles. The number of piperazine rings is 1. The first-order valence-corrected chi connectivity index (χ1v) is 15.1. The Balaban J connectivity index is 0.00000106. The van der Waals surface area contributed by atoms with Crippen molar-refractivity contribution in [3.8, 4) is 0 Å². The van der Waals surface area contributed by atoms with Gasteiger partial charge in [0.25, 0.3) is 0 Å². The molecule has 1 aliphatic heterocycles. The molecule has 0 spiro atoms. The van der Waals surface area contributed by atoms with E-state index in [2.05, 4.69) is 115 Å². The normalized spacial score (nSPS) is 18.4. The van der Waals surface area contributed by atoms with Crippen LogP contribution in [0.15, 0.2) is 76.1 Å². The first-order valence-electron chi connectivity index (χ1n) is 15.1. The molecule has 5 heteroatoms. The van der Waals surface area contributed by atoms with Gasteiger partial charge in [0.2, 0.25) is 0 Å². The molecular formula is C35H59N3O2. The van der Waals surface area contributed by atoms with E-state index in [1.807, 2.05) is 31.9 Å². The van der Waals surface area contributed by atoms with Crippen LogP contribution in [-0.2, 0) is 4.74 Å². The van der Waals surface area contributed by atoms with Gasteiger partial charge in [0.1, 0.15) is 5.60 Å². The van der Waals surface area contributed by atoms with Crippen LogP contribution < -0.4 is 0 Å². The van der Waals surface area contributed by atoms with Crippen molar-refractivity contribution in [3.63, 3.8) is 0 Å². The van der Waals surface area contributed by atoms with E-state index in [4.69, 9.17) is 4.74 Å². The van der Waals surface area contributed by atoms with Gasteiger partial charge in [0, 0.05) is 48.9 Å². The van der Waals surface area contributed by atoms with Crippen LogP contribution in [0.25, 0.3) is 0 Å². The minimum absolute atomic E-state index is 0.0861. The number of hydrogen-bond donors (Lipinski definition) is 0. The molecule has 1 amide bonds. The Labute approximate surface area is 247 Å². The van der Waals surface area contributed by atoms with Crippen LogP contribution in [0.3, 0.4) is 0 Å². The highest BCUT2D eigenvalue weighted by Gasteiger charge is 2.31. The van der Waals surface area contributed by atoms with E-state index in [-0.39, 0.29) is 12.1 Å². The third-order valence-corrected chi connectivity index (χ3v) is 6.51. The van der Waals surface area contributed by atoms with E-state index in [1.54, 1.807) is 0 Å². The summed E-state index contributed by atoms with van der Waals surface area (Å²) in [5, 5.41) is 0. The standard InChI is InChI=1S/C23H39N3O2.C12H20/c1-10-12-13-24-19(5)21(17(3)11-2)20(6)25-14-15-26(18(4)16-25)22(27)28-23(7,8)9;1-4-6-7-8-9-11-12(3)10-5-2/h11-13,18H,10,14-16H2,1-9H3;6-9,11H,4-5,10H2,1-3H3/b13-12+,17-11-,21-20+,24-19+;7-6+,9-8-,12-11+. The molecule has 0 saturated carbocycles. The molecule has 0 aromatic rings. The van der Waals surface area contributed by atoms with Crippen molar-refractivity contribution in [1.29, 1.82) is 0 Å². The highest BCUT2D eigenvalue weighted by atomic mass is 16.6. The second kappa shape index (κ2) is 20.1. The molecule has 40 heavy (non-hydrogen) atoms. The monoisotopic (exact) mass is 553 g/mol. The summed E-state index contributed by atoms with van der Waals surface area (Å²) in [5.41, 5.74) is 5.60.